The van der Waals surface area contributed by atoms with E-state index in [1.165, 1.54) is 0 Å². The largest absolute Gasteiger partial charge is 0.398 e. The summed E-state index contributed by atoms with van der Waals surface area (Å²) in [6, 6.07) is 5.14. The van der Waals surface area contributed by atoms with Crippen LogP contribution in [0.4, 0.5) is 5.69 Å². The SMILES string of the molecule is Cc1ccc(S(=O)(=O)N2CC(C)CC2C)c(N)c1. The summed E-state index contributed by atoms with van der Waals surface area (Å²) >= 11 is 0. The van der Waals surface area contributed by atoms with Crippen LogP contribution in [0.5, 0.6) is 0 Å². The first-order chi connectivity index (χ1) is 8.32. The van der Waals surface area contributed by atoms with Gasteiger partial charge in [0.05, 0.1) is 5.69 Å². The lowest BCUT2D eigenvalue weighted by Gasteiger charge is -2.22. The van der Waals surface area contributed by atoms with Crippen molar-refractivity contribution in [2.24, 2.45) is 5.92 Å². The molecule has 2 N–H and O–H groups in total. The average molecular weight is 268 g/mol. The van der Waals surface area contributed by atoms with E-state index < -0.39 is 10.0 Å². The number of anilines is 1. The Hall–Kier alpha value is -1.07. The zero-order chi connectivity index (χ0) is 13.5. The molecule has 2 rings (SSSR count). The molecule has 5 heteroatoms. The van der Waals surface area contributed by atoms with E-state index >= 15 is 0 Å². The van der Waals surface area contributed by atoms with Gasteiger partial charge < -0.3 is 5.73 Å². The van der Waals surface area contributed by atoms with Crippen molar-refractivity contribution in [2.45, 2.75) is 38.1 Å². The first kappa shape index (κ1) is 13.4. The molecule has 0 aliphatic carbocycles. The summed E-state index contributed by atoms with van der Waals surface area (Å²) in [5.74, 6) is 0.404. The molecule has 0 aromatic heterocycles. The van der Waals surface area contributed by atoms with E-state index in [9.17, 15) is 8.42 Å². The molecule has 1 aliphatic rings. The number of sulfonamides is 1. The molecular formula is C13H20N2O2S. The maximum Gasteiger partial charge on any atom is 0.245 e. The number of benzene rings is 1. The van der Waals surface area contributed by atoms with Gasteiger partial charge in [-0.1, -0.05) is 13.0 Å². The lowest BCUT2D eigenvalue weighted by molar-refractivity contribution is 0.406. The van der Waals surface area contributed by atoms with Gasteiger partial charge in [-0.15, -0.1) is 0 Å². The van der Waals surface area contributed by atoms with Crippen molar-refractivity contribution in [1.82, 2.24) is 4.31 Å². The normalized spacial score (nSPS) is 25.5. The maximum absolute atomic E-state index is 12.6. The van der Waals surface area contributed by atoms with Crippen molar-refractivity contribution < 1.29 is 8.42 Å². The van der Waals surface area contributed by atoms with Crippen LogP contribution in [-0.4, -0.2) is 25.3 Å². The first-order valence-corrected chi connectivity index (χ1v) is 7.64. The molecule has 0 spiro atoms. The lowest BCUT2D eigenvalue weighted by Crippen LogP contribution is -2.34. The number of hydrogen-bond acceptors (Lipinski definition) is 3. The van der Waals surface area contributed by atoms with Gasteiger partial charge in [0.25, 0.3) is 0 Å². The number of aryl methyl sites for hydroxylation is 1. The van der Waals surface area contributed by atoms with Crippen molar-refractivity contribution in [1.29, 1.82) is 0 Å². The summed E-state index contributed by atoms with van der Waals surface area (Å²) in [5, 5.41) is 0. The molecule has 1 aliphatic heterocycles. The number of nitrogens with zero attached hydrogens (tertiary/aromatic N) is 1. The minimum atomic E-state index is -3.46. The second-order valence-electron chi connectivity index (χ2n) is 5.31. The topological polar surface area (TPSA) is 63.4 Å². The van der Waals surface area contributed by atoms with Crippen molar-refractivity contribution >= 4 is 15.7 Å². The summed E-state index contributed by atoms with van der Waals surface area (Å²) in [7, 11) is -3.46. The molecular weight excluding hydrogens is 248 g/mol. The second kappa shape index (κ2) is 4.55. The Morgan fingerprint density at radius 2 is 2.00 bits per heavy atom. The Bertz CT molecular complexity index is 554. The summed E-state index contributed by atoms with van der Waals surface area (Å²) in [4.78, 5) is 0.231. The van der Waals surface area contributed by atoms with Gasteiger partial charge in [0.1, 0.15) is 4.90 Å². The van der Waals surface area contributed by atoms with Crippen LogP contribution in [0.15, 0.2) is 23.1 Å². The predicted molar refractivity (Wildman–Crippen MR) is 72.7 cm³/mol. The minimum Gasteiger partial charge on any atom is -0.398 e. The van der Waals surface area contributed by atoms with Gasteiger partial charge in [0, 0.05) is 12.6 Å². The van der Waals surface area contributed by atoms with Gasteiger partial charge in [0.15, 0.2) is 0 Å². The Labute approximate surface area is 109 Å². The molecule has 1 saturated heterocycles. The van der Waals surface area contributed by atoms with Gasteiger partial charge in [-0.3, -0.25) is 0 Å². The molecule has 1 aromatic rings. The molecule has 1 aromatic carbocycles. The summed E-state index contributed by atoms with van der Waals surface area (Å²) in [6.45, 7) is 6.50. The molecule has 1 fully saturated rings. The zero-order valence-electron chi connectivity index (χ0n) is 11.1. The monoisotopic (exact) mass is 268 g/mol. The molecule has 0 amide bonds. The fourth-order valence-electron chi connectivity index (χ4n) is 2.63. The smallest absolute Gasteiger partial charge is 0.245 e. The number of rotatable bonds is 2. The lowest BCUT2D eigenvalue weighted by atomic mass is 10.1. The second-order valence-corrected chi connectivity index (χ2v) is 7.16. The van der Waals surface area contributed by atoms with Crippen LogP contribution in [0.2, 0.25) is 0 Å². The predicted octanol–water partition coefficient (Wildman–Crippen LogP) is 2.00. The van der Waals surface area contributed by atoms with Crippen LogP contribution in [0, 0.1) is 12.8 Å². The van der Waals surface area contributed by atoms with Crippen LogP contribution in [-0.2, 0) is 10.0 Å². The van der Waals surface area contributed by atoms with E-state index in [-0.39, 0.29) is 10.9 Å². The number of nitrogens with two attached hydrogens (primary N) is 1. The molecule has 100 valence electrons. The highest BCUT2D eigenvalue weighted by molar-refractivity contribution is 7.89. The minimum absolute atomic E-state index is 0.0469. The van der Waals surface area contributed by atoms with Crippen LogP contribution >= 0.6 is 0 Å². The van der Waals surface area contributed by atoms with E-state index in [0.717, 1.165) is 12.0 Å². The van der Waals surface area contributed by atoms with Crippen LogP contribution in [0.3, 0.4) is 0 Å². The van der Waals surface area contributed by atoms with Crippen molar-refractivity contribution in [3.8, 4) is 0 Å². The van der Waals surface area contributed by atoms with E-state index in [1.54, 1.807) is 22.5 Å². The third-order valence-electron chi connectivity index (χ3n) is 3.48. The Kier molecular flexibility index (Phi) is 3.38. The highest BCUT2D eigenvalue weighted by Crippen LogP contribution is 2.31. The quantitative estimate of drug-likeness (QED) is 0.834. The average Bonchev–Trinajstić information content (AvgIpc) is 2.57. The molecule has 2 atom stereocenters. The first-order valence-electron chi connectivity index (χ1n) is 6.20. The van der Waals surface area contributed by atoms with Gasteiger partial charge in [0.2, 0.25) is 10.0 Å². The maximum atomic E-state index is 12.6. The Balaban J connectivity index is 2.42. The number of hydrogen-bond donors (Lipinski definition) is 1. The van der Waals surface area contributed by atoms with Gasteiger partial charge >= 0.3 is 0 Å². The molecule has 2 unspecified atom stereocenters. The van der Waals surface area contributed by atoms with Crippen molar-refractivity contribution in [3.05, 3.63) is 23.8 Å². The van der Waals surface area contributed by atoms with Gasteiger partial charge in [-0.2, -0.15) is 4.31 Å². The molecule has 1 heterocycles. The van der Waals surface area contributed by atoms with Crippen molar-refractivity contribution in [2.75, 3.05) is 12.3 Å². The molecule has 18 heavy (non-hydrogen) atoms. The van der Waals surface area contributed by atoms with Crippen molar-refractivity contribution in [3.63, 3.8) is 0 Å². The van der Waals surface area contributed by atoms with E-state index in [2.05, 4.69) is 6.92 Å². The summed E-state index contributed by atoms with van der Waals surface area (Å²) in [6.07, 6.45) is 0.908. The fourth-order valence-corrected chi connectivity index (χ4v) is 4.49. The Morgan fingerprint density at radius 1 is 1.33 bits per heavy atom. The molecule has 0 saturated carbocycles. The summed E-state index contributed by atoms with van der Waals surface area (Å²) in [5.41, 5.74) is 7.15. The third kappa shape index (κ3) is 2.24. The van der Waals surface area contributed by atoms with Gasteiger partial charge in [-0.25, -0.2) is 8.42 Å². The van der Waals surface area contributed by atoms with E-state index in [1.807, 2.05) is 13.8 Å². The van der Waals surface area contributed by atoms with E-state index in [0.29, 0.717) is 18.2 Å². The molecule has 0 radical (unpaired) electrons. The summed E-state index contributed by atoms with van der Waals surface area (Å²) < 4.78 is 26.7. The fraction of sp³-hybridized carbons (Fsp3) is 0.538. The van der Waals surface area contributed by atoms with Crippen LogP contribution < -0.4 is 5.73 Å². The standard InChI is InChI=1S/C13H20N2O2S/c1-9-4-5-13(12(14)7-9)18(16,17)15-8-10(2)6-11(15)3/h4-5,7,10-11H,6,8,14H2,1-3H3. The van der Waals surface area contributed by atoms with Crippen LogP contribution in [0.1, 0.15) is 25.8 Å². The van der Waals surface area contributed by atoms with E-state index in [4.69, 9.17) is 5.73 Å². The third-order valence-corrected chi connectivity index (χ3v) is 5.53. The molecule has 0 bridgehead atoms. The molecule has 4 nitrogen and oxygen atoms in total. The number of nitrogen functional groups attached to an aromatic ring is 1. The van der Waals surface area contributed by atoms with Crippen LogP contribution in [0.25, 0.3) is 0 Å². The highest BCUT2D eigenvalue weighted by atomic mass is 32.2. The highest BCUT2D eigenvalue weighted by Gasteiger charge is 2.36. The zero-order valence-corrected chi connectivity index (χ0v) is 11.9. The van der Waals surface area contributed by atoms with Gasteiger partial charge in [-0.05, 0) is 43.9 Å². The Morgan fingerprint density at radius 3 is 2.50 bits per heavy atom.